The molecule has 0 aliphatic carbocycles. The summed E-state index contributed by atoms with van der Waals surface area (Å²) in [6.07, 6.45) is 17.9. The zero-order valence-electron chi connectivity index (χ0n) is 36.0. The van der Waals surface area contributed by atoms with Crippen LogP contribution in [0.5, 0.6) is 0 Å². The predicted octanol–water partition coefficient (Wildman–Crippen LogP) is 4.37. The van der Waals surface area contributed by atoms with Crippen LogP contribution in [0.25, 0.3) is 0 Å². The number of hydrogen-bond acceptors (Lipinski definition) is 13. The number of carbonyl (C=O) groups excluding carboxylic acids is 1. The third-order valence-corrected chi connectivity index (χ3v) is 11.0. The molecule has 2 rings (SSSR count). The molecule has 0 bridgehead atoms. The molecule has 0 saturated carbocycles. The summed E-state index contributed by atoms with van der Waals surface area (Å²) in [4.78, 5) is 13.1. The van der Waals surface area contributed by atoms with Crippen molar-refractivity contribution in [3.8, 4) is 0 Å². The number of rotatable bonds is 33. The van der Waals surface area contributed by atoms with Crippen LogP contribution in [0.3, 0.4) is 0 Å². The summed E-state index contributed by atoms with van der Waals surface area (Å²) in [5.41, 5.74) is 0. The van der Waals surface area contributed by atoms with Gasteiger partial charge in [-0.3, -0.25) is 4.79 Å². The molecule has 14 heteroatoms. The van der Waals surface area contributed by atoms with E-state index in [2.05, 4.69) is 43.5 Å². The zero-order valence-corrected chi connectivity index (χ0v) is 36.0. The first kappa shape index (κ1) is 53.3. The van der Waals surface area contributed by atoms with E-state index in [0.29, 0.717) is 12.8 Å². The van der Waals surface area contributed by atoms with E-state index in [1.54, 1.807) is 6.08 Å². The van der Waals surface area contributed by atoms with E-state index < -0.39 is 86.8 Å². The van der Waals surface area contributed by atoms with E-state index in [1.807, 2.05) is 6.08 Å². The first-order valence-electron chi connectivity index (χ1n) is 22.7. The van der Waals surface area contributed by atoms with Crippen molar-refractivity contribution in [1.82, 2.24) is 5.32 Å². The number of unbranched alkanes of at least 4 members (excludes halogenated alkanes) is 16. The summed E-state index contributed by atoms with van der Waals surface area (Å²) >= 11 is 0. The van der Waals surface area contributed by atoms with Gasteiger partial charge in [0, 0.05) is 6.42 Å². The number of aliphatic hydroxyl groups excluding tert-OH is 8. The fourth-order valence-corrected chi connectivity index (χ4v) is 7.23. The van der Waals surface area contributed by atoms with Gasteiger partial charge in [0.1, 0.15) is 48.8 Å². The Hall–Kier alpha value is -1.79. The van der Waals surface area contributed by atoms with Crippen LogP contribution < -0.4 is 5.32 Å². The monoisotopic (exact) mass is 844 g/mol. The summed E-state index contributed by atoms with van der Waals surface area (Å²) in [5, 5.41) is 86.2. The fraction of sp³-hybridized carbons (Fsp3) is 0.844. The van der Waals surface area contributed by atoms with Crippen molar-refractivity contribution < 1.29 is 64.6 Å². The van der Waals surface area contributed by atoms with Crippen LogP contribution in [0.4, 0.5) is 0 Å². The summed E-state index contributed by atoms with van der Waals surface area (Å²) < 4.78 is 22.5. The topological polar surface area (TPSA) is 228 Å². The number of ether oxygens (including phenoxy) is 4. The second kappa shape index (κ2) is 32.9. The van der Waals surface area contributed by atoms with E-state index in [1.165, 1.54) is 64.2 Å². The first-order valence-corrected chi connectivity index (χ1v) is 22.7. The maximum atomic E-state index is 13.1. The van der Waals surface area contributed by atoms with E-state index >= 15 is 0 Å². The van der Waals surface area contributed by atoms with E-state index in [-0.39, 0.29) is 18.9 Å². The van der Waals surface area contributed by atoms with Gasteiger partial charge in [-0.25, -0.2) is 0 Å². The highest BCUT2D eigenvalue weighted by molar-refractivity contribution is 5.76. The third kappa shape index (κ3) is 21.2. The van der Waals surface area contributed by atoms with Crippen LogP contribution in [-0.2, 0) is 23.7 Å². The van der Waals surface area contributed by atoms with Crippen molar-refractivity contribution in [3.63, 3.8) is 0 Å². The molecule has 2 aliphatic heterocycles. The molecule has 0 aromatic carbocycles. The second-order valence-electron chi connectivity index (χ2n) is 16.2. The van der Waals surface area contributed by atoms with Gasteiger partial charge in [0.05, 0.1) is 32.0 Å². The van der Waals surface area contributed by atoms with Crippen LogP contribution in [0.2, 0.25) is 0 Å². The van der Waals surface area contributed by atoms with Gasteiger partial charge in [0.15, 0.2) is 12.6 Å². The van der Waals surface area contributed by atoms with E-state index in [0.717, 1.165) is 51.4 Å². The number of carbonyl (C=O) groups is 1. The molecule has 0 aromatic heterocycles. The zero-order chi connectivity index (χ0) is 43.3. The molecule has 14 nitrogen and oxygen atoms in total. The highest BCUT2D eigenvalue weighted by Crippen LogP contribution is 2.30. The van der Waals surface area contributed by atoms with Crippen LogP contribution in [0.1, 0.15) is 149 Å². The molecule has 2 fully saturated rings. The van der Waals surface area contributed by atoms with Crippen LogP contribution in [0, 0.1) is 0 Å². The molecule has 0 radical (unpaired) electrons. The molecule has 59 heavy (non-hydrogen) atoms. The molecule has 12 unspecified atom stereocenters. The Morgan fingerprint density at radius 2 is 1.10 bits per heavy atom. The Labute approximate surface area is 353 Å². The van der Waals surface area contributed by atoms with Crippen LogP contribution in [0.15, 0.2) is 36.5 Å². The minimum atomic E-state index is -1.79. The maximum Gasteiger partial charge on any atom is 0.220 e. The molecule has 0 aromatic rings. The van der Waals surface area contributed by atoms with Gasteiger partial charge in [-0.15, -0.1) is 0 Å². The van der Waals surface area contributed by atoms with Gasteiger partial charge in [0.25, 0.3) is 0 Å². The van der Waals surface area contributed by atoms with Gasteiger partial charge in [-0.1, -0.05) is 127 Å². The fourth-order valence-electron chi connectivity index (χ4n) is 7.23. The molecule has 9 N–H and O–H groups in total. The average molecular weight is 844 g/mol. The van der Waals surface area contributed by atoms with Crippen molar-refractivity contribution in [2.75, 3.05) is 19.8 Å². The van der Waals surface area contributed by atoms with Crippen molar-refractivity contribution in [2.45, 2.75) is 222 Å². The van der Waals surface area contributed by atoms with Gasteiger partial charge in [0.2, 0.25) is 5.91 Å². The second-order valence-corrected chi connectivity index (χ2v) is 16.2. The van der Waals surface area contributed by atoms with Gasteiger partial charge in [-0.05, 0) is 51.4 Å². The Kier molecular flexibility index (Phi) is 29.7. The normalized spacial score (nSPS) is 28.8. The van der Waals surface area contributed by atoms with Gasteiger partial charge in [-0.2, -0.15) is 0 Å². The molecular formula is C45H81NO13. The summed E-state index contributed by atoms with van der Waals surface area (Å²) in [5.74, 6) is -0.260. The number of hydrogen-bond donors (Lipinski definition) is 9. The quantitative estimate of drug-likeness (QED) is 0.0331. The van der Waals surface area contributed by atoms with Crippen LogP contribution in [-0.4, -0.2) is 140 Å². The lowest BCUT2D eigenvalue weighted by Crippen LogP contribution is -2.65. The lowest BCUT2D eigenvalue weighted by molar-refractivity contribution is -0.359. The van der Waals surface area contributed by atoms with E-state index in [4.69, 9.17) is 18.9 Å². The molecule has 2 saturated heterocycles. The number of nitrogens with one attached hydrogen (secondary N) is 1. The first-order chi connectivity index (χ1) is 28.6. The average Bonchev–Trinajstić information content (AvgIpc) is 3.23. The van der Waals surface area contributed by atoms with Crippen molar-refractivity contribution in [2.24, 2.45) is 0 Å². The Morgan fingerprint density at radius 1 is 0.593 bits per heavy atom. The summed E-state index contributed by atoms with van der Waals surface area (Å²) in [7, 11) is 0. The van der Waals surface area contributed by atoms with Gasteiger partial charge < -0.3 is 65.1 Å². The minimum Gasteiger partial charge on any atom is -0.394 e. The SMILES string of the molecule is CCCC/C=C/CC/C=C/C(O)C(COC1OC(CO)C(OC2OC(CO)C(O)C(O)C2O)C(O)C1O)NC(=O)CCCCCCCCC/C=C\CCCCCCCC. The highest BCUT2D eigenvalue weighted by atomic mass is 16.7. The van der Waals surface area contributed by atoms with Crippen LogP contribution >= 0.6 is 0 Å². The maximum absolute atomic E-state index is 13.1. The van der Waals surface area contributed by atoms with Crippen molar-refractivity contribution in [1.29, 1.82) is 0 Å². The molecule has 2 heterocycles. The van der Waals surface area contributed by atoms with Crippen molar-refractivity contribution in [3.05, 3.63) is 36.5 Å². The highest BCUT2D eigenvalue weighted by Gasteiger charge is 2.50. The minimum absolute atomic E-state index is 0.260. The number of amides is 1. The molecule has 344 valence electrons. The smallest absolute Gasteiger partial charge is 0.220 e. The molecule has 0 spiro atoms. The molecule has 1 amide bonds. The largest absolute Gasteiger partial charge is 0.394 e. The third-order valence-electron chi connectivity index (χ3n) is 11.0. The van der Waals surface area contributed by atoms with Gasteiger partial charge >= 0.3 is 0 Å². The number of allylic oxidation sites excluding steroid dienone is 5. The lowest BCUT2D eigenvalue weighted by atomic mass is 9.97. The Balaban J connectivity index is 1.86. The van der Waals surface area contributed by atoms with E-state index in [9.17, 15) is 45.6 Å². The summed E-state index contributed by atoms with van der Waals surface area (Å²) in [6.45, 7) is 2.65. The molecule has 12 atom stereocenters. The lowest BCUT2D eigenvalue weighted by Gasteiger charge is -2.46. The predicted molar refractivity (Wildman–Crippen MR) is 226 cm³/mol. The number of aliphatic hydroxyl groups is 8. The molecular weight excluding hydrogens is 762 g/mol. The Morgan fingerprint density at radius 3 is 1.71 bits per heavy atom. The standard InChI is InChI=1S/C45H81NO13/c1-3-5-7-9-11-13-14-15-16-17-18-19-20-21-23-25-27-29-37(50)46-33(34(49)28-26-24-22-12-10-8-6-4-2)32-56-44-42(55)40(53)43(36(31-48)58-44)59-45-41(54)39(52)38(51)35(30-47)57-45/h10,12,15-16,26,28,33-36,38-45,47-49,51-55H,3-9,11,13-14,17-25,27,29-32H2,1-2H3,(H,46,50)/b12-10+,16-15-,28-26+. The molecule has 2 aliphatic rings. The summed E-state index contributed by atoms with van der Waals surface area (Å²) in [6, 6.07) is -0.928. The van der Waals surface area contributed by atoms with Crippen molar-refractivity contribution >= 4 is 5.91 Å². The Bertz CT molecular complexity index is 1140.